The molecule has 2 aliphatic rings. The lowest BCUT2D eigenvalue weighted by atomic mass is 9.78. The Balaban J connectivity index is 2.11. The quantitative estimate of drug-likeness (QED) is 0.672. The standard InChI is InChI=1S/C26H26O2/c1-3-9-19-15-17-11-5-7-13-21(17)23(25(19)27)24-22-14-8-6-12-18(22)16-20(10-4-2)26(24)28/h15-16,27-28H,5-8,11-14H2,1-2H3. The van der Waals surface area contributed by atoms with Gasteiger partial charge in [0.1, 0.15) is 11.5 Å². The molecule has 2 N–H and O–H groups in total. The lowest BCUT2D eigenvalue weighted by Crippen LogP contribution is -2.10. The van der Waals surface area contributed by atoms with Gasteiger partial charge in [-0.1, -0.05) is 11.8 Å². The van der Waals surface area contributed by atoms with Gasteiger partial charge in [-0.05, 0) is 99.6 Å². The van der Waals surface area contributed by atoms with Crippen LogP contribution in [0.25, 0.3) is 11.1 Å². The van der Waals surface area contributed by atoms with Crippen LogP contribution in [0.5, 0.6) is 11.5 Å². The Kier molecular flexibility index (Phi) is 5.06. The number of benzene rings is 2. The molecular formula is C26H26O2. The highest BCUT2D eigenvalue weighted by molar-refractivity contribution is 5.87. The average Bonchev–Trinajstić information content (AvgIpc) is 2.71. The van der Waals surface area contributed by atoms with Crippen LogP contribution in [0.1, 0.15) is 72.9 Å². The van der Waals surface area contributed by atoms with Gasteiger partial charge in [-0.15, -0.1) is 11.8 Å². The SMILES string of the molecule is CC#Cc1cc2c(c(-c3c(O)c(C#CC)cc4c3CCCC4)c1O)CCCC2. The molecule has 2 aromatic carbocycles. The van der Waals surface area contributed by atoms with E-state index in [0.29, 0.717) is 11.1 Å². The summed E-state index contributed by atoms with van der Waals surface area (Å²) in [6, 6.07) is 4.09. The number of rotatable bonds is 1. The fourth-order valence-corrected chi connectivity index (χ4v) is 4.79. The highest BCUT2D eigenvalue weighted by Gasteiger charge is 2.28. The second-order valence-electron chi connectivity index (χ2n) is 7.74. The fourth-order valence-electron chi connectivity index (χ4n) is 4.79. The van der Waals surface area contributed by atoms with Crippen molar-refractivity contribution in [1.29, 1.82) is 0 Å². The number of hydrogen-bond acceptors (Lipinski definition) is 2. The van der Waals surface area contributed by atoms with E-state index >= 15 is 0 Å². The van der Waals surface area contributed by atoms with E-state index in [9.17, 15) is 10.2 Å². The van der Waals surface area contributed by atoms with Crippen LogP contribution in [0.15, 0.2) is 12.1 Å². The molecule has 0 saturated heterocycles. The van der Waals surface area contributed by atoms with Crippen LogP contribution in [0.3, 0.4) is 0 Å². The lowest BCUT2D eigenvalue weighted by molar-refractivity contribution is 0.464. The number of fused-ring (bicyclic) bond motifs is 2. The number of hydrogen-bond donors (Lipinski definition) is 2. The zero-order valence-electron chi connectivity index (χ0n) is 16.7. The molecular weight excluding hydrogens is 344 g/mol. The van der Waals surface area contributed by atoms with Crippen molar-refractivity contribution in [2.75, 3.05) is 0 Å². The Bertz CT molecular complexity index is 981. The molecule has 2 nitrogen and oxygen atoms in total. The summed E-state index contributed by atoms with van der Waals surface area (Å²) >= 11 is 0. The third-order valence-electron chi connectivity index (χ3n) is 6.01. The van der Waals surface area contributed by atoms with Gasteiger partial charge in [-0.3, -0.25) is 0 Å². The predicted molar refractivity (Wildman–Crippen MR) is 114 cm³/mol. The molecule has 0 spiro atoms. The largest absolute Gasteiger partial charge is 0.506 e. The van der Waals surface area contributed by atoms with E-state index in [-0.39, 0.29) is 11.5 Å². The zero-order valence-corrected chi connectivity index (χ0v) is 16.7. The first-order chi connectivity index (χ1) is 13.7. The summed E-state index contributed by atoms with van der Waals surface area (Å²) in [6.45, 7) is 3.57. The minimum atomic E-state index is 0.208. The molecule has 142 valence electrons. The topological polar surface area (TPSA) is 40.5 Å². The highest BCUT2D eigenvalue weighted by Crippen LogP contribution is 2.48. The second kappa shape index (κ2) is 7.65. The third-order valence-corrected chi connectivity index (χ3v) is 6.01. The van der Waals surface area contributed by atoms with E-state index in [1.165, 1.54) is 22.3 Å². The molecule has 4 rings (SSSR count). The minimum Gasteiger partial charge on any atom is -0.506 e. The Morgan fingerprint density at radius 2 is 1.04 bits per heavy atom. The smallest absolute Gasteiger partial charge is 0.139 e. The summed E-state index contributed by atoms with van der Waals surface area (Å²) in [5.41, 5.74) is 7.78. The van der Waals surface area contributed by atoms with Crippen LogP contribution in [-0.4, -0.2) is 10.2 Å². The monoisotopic (exact) mass is 370 g/mol. The molecule has 0 aliphatic heterocycles. The van der Waals surface area contributed by atoms with Crippen molar-refractivity contribution in [2.45, 2.75) is 65.2 Å². The first-order valence-electron chi connectivity index (χ1n) is 10.3. The van der Waals surface area contributed by atoms with E-state index in [1.807, 2.05) is 12.1 Å². The summed E-state index contributed by atoms with van der Waals surface area (Å²) in [5, 5.41) is 22.5. The third kappa shape index (κ3) is 3.04. The molecule has 0 atom stereocenters. The van der Waals surface area contributed by atoms with Crippen LogP contribution < -0.4 is 0 Å². The van der Waals surface area contributed by atoms with E-state index in [1.54, 1.807) is 13.8 Å². The van der Waals surface area contributed by atoms with Gasteiger partial charge in [-0.25, -0.2) is 0 Å². The summed E-state index contributed by atoms with van der Waals surface area (Å²) in [6.07, 6.45) is 8.37. The summed E-state index contributed by atoms with van der Waals surface area (Å²) in [4.78, 5) is 0. The van der Waals surface area contributed by atoms with Crippen molar-refractivity contribution in [2.24, 2.45) is 0 Å². The molecule has 2 aromatic rings. The maximum atomic E-state index is 11.2. The first kappa shape index (κ1) is 18.5. The van der Waals surface area contributed by atoms with Crippen molar-refractivity contribution in [3.63, 3.8) is 0 Å². The van der Waals surface area contributed by atoms with E-state index in [4.69, 9.17) is 0 Å². The van der Waals surface area contributed by atoms with Crippen molar-refractivity contribution in [1.82, 2.24) is 0 Å². The van der Waals surface area contributed by atoms with Crippen molar-refractivity contribution in [3.05, 3.63) is 45.5 Å². The number of aromatic hydroxyl groups is 2. The van der Waals surface area contributed by atoms with Gasteiger partial charge in [0.15, 0.2) is 0 Å². The molecule has 28 heavy (non-hydrogen) atoms. The maximum Gasteiger partial charge on any atom is 0.139 e. The van der Waals surface area contributed by atoms with Crippen LogP contribution in [-0.2, 0) is 25.7 Å². The zero-order chi connectivity index (χ0) is 19.7. The van der Waals surface area contributed by atoms with Crippen molar-refractivity contribution in [3.8, 4) is 46.3 Å². The Hall–Kier alpha value is -2.84. The van der Waals surface area contributed by atoms with Crippen LogP contribution in [0.4, 0.5) is 0 Å². The van der Waals surface area contributed by atoms with Gasteiger partial charge >= 0.3 is 0 Å². The molecule has 0 fully saturated rings. The van der Waals surface area contributed by atoms with Gasteiger partial charge < -0.3 is 10.2 Å². The minimum absolute atomic E-state index is 0.208. The predicted octanol–water partition coefficient (Wildman–Crippen LogP) is 5.27. The fraction of sp³-hybridized carbons (Fsp3) is 0.385. The summed E-state index contributed by atoms with van der Waals surface area (Å²) in [5.74, 6) is 12.4. The Morgan fingerprint density at radius 3 is 1.43 bits per heavy atom. The second-order valence-corrected chi connectivity index (χ2v) is 7.74. The normalized spacial score (nSPS) is 14.8. The maximum absolute atomic E-state index is 11.2. The van der Waals surface area contributed by atoms with E-state index in [2.05, 4.69) is 23.7 Å². The molecule has 2 heteroatoms. The van der Waals surface area contributed by atoms with Gasteiger partial charge in [0.05, 0.1) is 11.1 Å². The van der Waals surface area contributed by atoms with Crippen molar-refractivity contribution < 1.29 is 10.2 Å². The number of aryl methyl sites for hydroxylation is 2. The molecule has 0 saturated carbocycles. The molecule has 2 aliphatic carbocycles. The molecule has 0 amide bonds. The van der Waals surface area contributed by atoms with Crippen LogP contribution in [0, 0.1) is 23.7 Å². The number of phenolic OH excluding ortho intramolecular Hbond substituents is 2. The Labute approximate surface area is 167 Å². The molecule has 0 unspecified atom stereocenters. The van der Waals surface area contributed by atoms with Gasteiger partial charge in [0.2, 0.25) is 0 Å². The van der Waals surface area contributed by atoms with Gasteiger partial charge in [-0.2, -0.15) is 0 Å². The van der Waals surface area contributed by atoms with E-state index in [0.717, 1.165) is 62.5 Å². The highest BCUT2D eigenvalue weighted by atomic mass is 16.3. The molecule has 0 aromatic heterocycles. The number of phenols is 2. The summed E-state index contributed by atoms with van der Waals surface area (Å²) in [7, 11) is 0. The molecule has 0 heterocycles. The van der Waals surface area contributed by atoms with Gasteiger partial charge in [0.25, 0.3) is 0 Å². The van der Waals surface area contributed by atoms with Crippen LogP contribution in [0.2, 0.25) is 0 Å². The van der Waals surface area contributed by atoms with Crippen LogP contribution >= 0.6 is 0 Å². The van der Waals surface area contributed by atoms with Gasteiger partial charge in [0, 0.05) is 11.1 Å². The first-order valence-corrected chi connectivity index (χ1v) is 10.3. The molecule has 0 radical (unpaired) electrons. The van der Waals surface area contributed by atoms with Crippen molar-refractivity contribution >= 4 is 0 Å². The lowest BCUT2D eigenvalue weighted by Gasteiger charge is -2.27. The van der Waals surface area contributed by atoms with E-state index < -0.39 is 0 Å². The molecule has 0 bridgehead atoms. The average molecular weight is 370 g/mol. The Morgan fingerprint density at radius 1 is 0.643 bits per heavy atom. The summed E-state index contributed by atoms with van der Waals surface area (Å²) < 4.78 is 0.